The normalized spacial score (nSPS) is 25.8. The van der Waals surface area contributed by atoms with Gasteiger partial charge in [0.25, 0.3) is 0 Å². The molecule has 0 spiro atoms. The Hall–Kier alpha value is -1.31. The highest BCUT2D eigenvalue weighted by atomic mass is 19.4. The lowest BCUT2D eigenvalue weighted by Gasteiger charge is -2.35. The quantitative estimate of drug-likeness (QED) is 0.780. The lowest BCUT2D eigenvalue weighted by molar-refractivity contribution is -0.190. The van der Waals surface area contributed by atoms with Gasteiger partial charge in [-0.25, -0.2) is 0 Å². The first-order valence-corrected chi connectivity index (χ1v) is 4.89. The summed E-state index contributed by atoms with van der Waals surface area (Å²) < 4.78 is 41.4. The topological polar surface area (TPSA) is 66.8 Å². The average Bonchev–Trinajstić information content (AvgIpc) is 2.25. The van der Waals surface area contributed by atoms with Gasteiger partial charge in [-0.1, -0.05) is 0 Å². The van der Waals surface area contributed by atoms with Crippen LogP contribution >= 0.6 is 0 Å². The molecule has 0 radical (unpaired) electrons. The van der Waals surface area contributed by atoms with Crippen LogP contribution in [-0.2, 0) is 14.3 Å². The van der Waals surface area contributed by atoms with Crippen molar-refractivity contribution in [1.82, 2.24) is 4.90 Å². The van der Waals surface area contributed by atoms with Gasteiger partial charge in [0.05, 0.1) is 6.10 Å². The van der Waals surface area contributed by atoms with Crippen LogP contribution in [0.3, 0.4) is 0 Å². The number of methoxy groups -OCH3 is 1. The fraction of sp³-hybridized carbons (Fsp3) is 0.778. The number of alkyl halides is 3. The number of carboxylic acids is 1. The number of piperidine rings is 1. The van der Waals surface area contributed by atoms with Gasteiger partial charge < -0.3 is 14.7 Å². The summed E-state index contributed by atoms with van der Waals surface area (Å²) in [6, 6.07) is 0. The summed E-state index contributed by atoms with van der Waals surface area (Å²) in [5.74, 6) is -4.39. The second-order valence-electron chi connectivity index (χ2n) is 3.76. The smallest absolute Gasteiger partial charge is 0.471 e. The summed E-state index contributed by atoms with van der Waals surface area (Å²) in [6.45, 7) is -0.632. The Morgan fingerprint density at radius 3 is 2.41 bits per heavy atom. The standard InChI is InChI=1S/C9H12F3NO4/c1-17-6-2-3-13(4-5(6)7(14)15)8(16)9(10,11)12/h5-6H,2-4H2,1H3,(H,14,15). The number of ether oxygens (including phenoxy) is 1. The molecule has 2 atom stereocenters. The monoisotopic (exact) mass is 255 g/mol. The minimum Gasteiger partial charge on any atom is -0.481 e. The van der Waals surface area contributed by atoms with Crippen molar-refractivity contribution in [3.8, 4) is 0 Å². The van der Waals surface area contributed by atoms with Gasteiger partial charge in [0, 0.05) is 20.2 Å². The Balaban J connectivity index is 2.75. The predicted octanol–water partition coefficient (Wildman–Crippen LogP) is 0.497. The van der Waals surface area contributed by atoms with Crippen LogP contribution in [0.25, 0.3) is 0 Å². The SMILES string of the molecule is COC1CCN(C(=O)C(F)(F)F)CC1C(=O)O. The van der Waals surface area contributed by atoms with E-state index in [2.05, 4.69) is 0 Å². The highest BCUT2D eigenvalue weighted by molar-refractivity contribution is 5.83. The third kappa shape index (κ3) is 3.09. The number of carbonyl (C=O) groups is 2. The summed E-state index contributed by atoms with van der Waals surface area (Å²) in [7, 11) is 1.29. The lowest BCUT2D eigenvalue weighted by Crippen LogP contribution is -2.52. The van der Waals surface area contributed by atoms with Crippen LogP contribution < -0.4 is 0 Å². The molecule has 1 heterocycles. The average molecular weight is 255 g/mol. The molecule has 1 aliphatic rings. The molecule has 8 heteroatoms. The number of carbonyl (C=O) groups excluding carboxylic acids is 1. The number of aliphatic carboxylic acids is 1. The highest BCUT2D eigenvalue weighted by Gasteiger charge is 2.46. The van der Waals surface area contributed by atoms with E-state index in [1.165, 1.54) is 7.11 Å². The molecule has 0 aromatic heterocycles. The zero-order valence-electron chi connectivity index (χ0n) is 9.03. The van der Waals surface area contributed by atoms with E-state index < -0.39 is 36.6 Å². The first-order valence-electron chi connectivity index (χ1n) is 4.89. The van der Waals surface area contributed by atoms with E-state index in [0.29, 0.717) is 4.90 Å². The van der Waals surface area contributed by atoms with Crippen LogP contribution in [0.2, 0.25) is 0 Å². The molecule has 0 aromatic carbocycles. The molecule has 1 fully saturated rings. The third-order valence-corrected chi connectivity index (χ3v) is 2.70. The molecular formula is C9H12F3NO4. The fourth-order valence-electron chi connectivity index (χ4n) is 1.81. The van der Waals surface area contributed by atoms with Crippen molar-refractivity contribution in [1.29, 1.82) is 0 Å². The van der Waals surface area contributed by atoms with E-state index in [4.69, 9.17) is 9.84 Å². The maximum Gasteiger partial charge on any atom is 0.471 e. The van der Waals surface area contributed by atoms with Crippen molar-refractivity contribution in [3.63, 3.8) is 0 Å². The molecule has 1 aliphatic heterocycles. The number of nitrogens with zero attached hydrogens (tertiary/aromatic N) is 1. The van der Waals surface area contributed by atoms with Gasteiger partial charge in [0.15, 0.2) is 0 Å². The number of carboxylic acid groups (broad SMARTS) is 1. The van der Waals surface area contributed by atoms with Crippen molar-refractivity contribution in [2.24, 2.45) is 5.92 Å². The number of rotatable bonds is 2. The van der Waals surface area contributed by atoms with Crippen molar-refractivity contribution in [2.45, 2.75) is 18.7 Å². The number of hydrogen-bond acceptors (Lipinski definition) is 3. The fourth-order valence-corrected chi connectivity index (χ4v) is 1.81. The number of hydrogen-bond donors (Lipinski definition) is 1. The van der Waals surface area contributed by atoms with Gasteiger partial charge in [-0.3, -0.25) is 9.59 Å². The van der Waals surface area contributed by atoms with Crippen LogP contribution in [0.5, 0.6) is 0 Å². The molecule has 1 amide bonds. The van der Waals surface area contributed by atoms with E-state index in [1.807, 2.05) is 0 Å². The molecular weight excluding hydrogens is 243 g/mol. The second-order valence-corrected chi connectivity index (χ2v) is 3.76. The predicted molar refractivity (Wildman–Crippen MR) is 49.2 cm³/mol. The van der Waals surface area contributed by atoms with Gasteiger partial charge in [-0.15, -0.1) is 0 Å². The van der Waals surface area contributed by atoms with E-state index >= 15 is 0 Å². The first-order chi connectivity index (χ1) is 7.77. The van der Waals surface area contributed by atoms with Gasteiger partial charge in [0.1, 0.15) is 5.92 Å². The summed E-state index contributed by atoms with van der Waals surface area (Å²) in [6.07, 6.45) is -5.55. The minimum absolute atomic E-state index is 0.0787. The van der Waals surface area contributed by atoms with E-state index in [0.717, 1.165) is 0 Å². The van der Waals surface area contributed by atoms with Crippen LogP contribution in [0.1, 0.15) is 6.42 Å². The van der Waals surface area contributed by atoms with Crippen molar-refractivity contribution in [2.75, 3.05) is 20.2 Å². The van der Waals surface area contributed by atoms with Crippen LogP contribution in [0.15, 0.2) is 0 Å². The Bertz CT molecular complexity index is 318. The number of likely N-dealkylation sites (tertiary alicyclic amines) is 1. The number of amides is 1. The summed E-state index contributed by atoms with van der Waals surface area (Å²) in [5, 5.41) is 8.84. The third-order valence-electron chi connectivity index (χ3n) is 2.70. The van der Waals surface area contributed by atoms with Crippen molar-refractivity contribution in [3.05, 3.63) is 0 Å². The van der Waals surface area contributed by atoms with E-state index in [1.54, 1.807) is 0 Å². The van der Waals surface area contributed by atoms with E-state index in [9.17, 15) is 22.8 Å². The second kappa shape index (κ2) is 4.91. The Kier molecular flexibility index (Phi) is 3.97. The Labute approximate surface area is 95.1 Å². The Morgan fingerprint density at radius 1 is 1.41 bits per heavy atom. The van der Waals surface area contributed by atoms with Gasteiger partial charge in [0.2, 0.25) is 0 Å². The van der Waals surface area contributed by atoms with Gasteiger partial charge >= 0.3 is 18.1 Å². The first kappa shape index (κ1) is 13.8. The molecule has 0 bridgehead atoms. The van der Waals surface area contributed by atoms with Crippen molar-refractivity contribution < 1.29 is 32.6 Å². The zero-order chi connectivity index (χ0) is 13.2. The zero-order valence-corrected chi connectivity index (χ0v) is 9.03. The molecule has 5 nitrogen and oxygen atoms in total. The molecule has 1 saturated heterocycles. The van der Waals surface area contributed by atoms with Crippen molar-refractivity contribution >= 4 is 11.9 Å². The van der Waals surface area contributed by atoms with Crippen LogP contribution in [0.4, 0.5) is 13.2 Å². The largest absolute Gasteiger partial charge is 0.481 e. The Morgan fingerprint density at radius 2 is 2.00 bits per heavy atom. The molecule has 17 heavy (non-hydrogen) atoms. The summed E-state index contributed by atoms with van der Waals surface area (Å²) in [5.41, 5.74) is 0. The molecule has 98 valence electrons. The molecule has 0 aliphatic carbocycles. The molecule has 2 unspecified atom stereocenters. The molecule has 0 saturated carbocycles. The summed E-state index contributed by atoms with van der Waals surface area (Å²) >= 11 is 0. The lowest BCUT2D eigenvalue weighted by atomic mass is 9.94. The molecule has 0 aromatic rings. The molecule has 1 rings (SSSR count). The van der Waals surface area contributed by atoms with Crippen LogP contribution in [0, 0.1) is 5.92 Å². The molecule has 1 N–H and O–H groups in total. The number of halogens is 3. The van der Waals surface area contributed by atoms with Gasteiger partial charge in [-0.05, 0) is 6.42 Å². The maximum atomic E-state index is 12.2. The maximum absolute atomic E-state index is 12.2. The summed E-state index contributed by atoms with van der Waals surface area (Å²) in [4.78, 5) is 22.3. The highest BCUT2D eigenvalue weighted by Crippen LogP contribution is 2.25. The van der Waals surface area contributed by atoms with Crippen LogP contribution in [-0.4, -0.2) is 54.4 Å². The minimum atomic E-state index is -4.97. The van der Waals surface area contributed by atoms with E-state index in [-0.39, 0.29) is 13.0 Å². The van der Waals surface area contributed by atoms with Gasteiger partial charge in [-0.2, -0.15) is 13.2 Å².